The maximum absolute atomic E-state index is 13.1. The highest BCUT2D eigenvalue weighted by Crippen LogP contribution is 2.35. The minimum atomic E-state index is -4.50. The molecular formula is C22H20F3N5O5. The van der Waals surface area contributed by atoms with Crippen molar-refractivity contribution in [2.24, 2.45) is 0 Å². The Balaban J connectivity index is 1.55. The van der Waals surface area contributed by atoms with Crippen molar-refractivity contribution < 1.29 is 37.7 Å². The molecule has 0 radical (unpaired) electrons. The SMILES string of the molecule is O=C(Nc1ccnc(OC[C@H](O)CO)n1)N1CCOc2ccc(-c3cccc(C(F)(F)F)c3)nc21. The van der Waals surface area contributed by atoms with Gasteiger partial charge in [0.2, 0.25) is 0 Å². The first-order valence-electron chi connectivity index (χ1n) is 10.4. The van der Waals surface area contributed by atoms with Crippen molar-refractivity contribution in [2.75, 3.05) is 36.6 Å². The molecule has 3 N–H and O–H groups in total. The number of pyridine rings is 1. The van der Waals surface area contributed by atoms with Gasteiger partial charge >= 0.3 is 18.2 Å². The summed E-state index contributed by atoms with van der Waals surface area (Å²) in [6, 6.07) is 8.48. The molecular weight excluding hydrogens is 471 g/mol. The molecule has 3 heterocycles. The number of ether oxygens (including phenoxy) is 2. The second kappa shape index (κ2) is 10.1. The Labute approximate surface area is 197 Å². The van der Waals surface area contributed by atoms with E-state index in [1.807, 2.05) is 0 Å². The van der Waals surface area contributed by atoms with Gasteiger partial charge in [0.25, 0.3) is 0 Å². The number of nitrogens with zero attached hydrogens (tertiary/aromatic N) is 4. The first-order chi connectivity index (χ1) is 16.7. The number of alkyl halides is 3. The number of aliphatic hydroxyl groups is 2. The number of aliphatic hydroxyl groups excluding tert-OH is 2. The summed E-state index contributed by atoms with van der Waals surface area (Å²) < 4.78 is 50.1. The third kappa shape index (κ3) is 5.75. The van der Waals surface area contributed by atoms with Gasteiger partial charge in [0.15, 0.2) is 11.6 Å². The van der Waals surface area contributed by atoms with Crippen LogP contribution in [0.4, 0.5) is 29.6 Å². The molecule has 4 rings (SSSR count). The van der Waals surface area contributed by atoms with E-state index in [0.29, 0.717) is 5.75 Å². The van der Waals surface area contributed by atoms with Crippen LogP contribution in [0.2, 0.25) is 0 Å². The molecule has 0 saturated carbocycles. The fourth-order valence-corrected chi connectivity index (χ4v) is 3.19. The van der Waals surface area contributed by atoms with Crippen molar-refractivity contribution in [3.63, 3.8) is 0 Å². The topological polar surface area (TPSA) is 130 Å². The normalized spacial score (nSPS) is 14.0. The number of rotatable bonds is 6. The quantitative estimate of drug-likeness (QED) is 0.480. The van der Waals surface area contributed by atoms with Gasteiger partial charge in [-0.3, -0.25) is 10.2 Å². The molecule has 0 fully saturated rings. The highest BCUT2D eigenvalue weighted by Gasteiger charge is 2.31. The van der Waals surface area contributed by atoms with Gasteiger partial charge in [0.05, 0.1) is 24.4 Å². The molecule has 0 spiro atoms. The standard InChI is InChI=1S/C22H20F3N5O5/c23-22(24,25)14-3-1-2-13(10-14)16-4-5-17-19(27-16)30(8-9-34-17)21(33)29-18-6-7-26-20(28-18)35-12-15(32)11-31/h1-7,10,15,31-32H,8-9,11-12H2,(H,26,28,29,33)/t15-/m1/s1. The van der Waals surface area contributed by atoms with Crippen LogP contribution in [0.3, 0.4) is 0 Å². The Morgan fingerprint density at radius 2 is 2.06 bits per heavy atom. The summed E-state index contributed by atoms with van der Waals surface area (Å²) in [4.78, 5) is 26.6. The second-order valence-corrected chi connectivity index (χ2v) is 7.40. The molecule has 2 amide bonds. The lowest BCUT2D eigenvalue weighted by Crippen LogP contribution is -2.41. The van der Waals surface area contributed by atoms with E-state index in [1.54, 1.807) is 6.07 Å². The Kier molecular flexibility index (Phi) is 6.98. The number of urea groups is 1. The molecule has 0 saturated heterocycles. The number of amides is 2. The lowest BCUT2D eigenvalue weighted by Gasteiger charge is -2.28. The zero-order valence-corrected chi connectivity index (χ0v) is 18.1. The van der Waals surface area contributed by atoms with E-state index in [2.05, 4.69) is 20.3 Å². The number of hydrogen-bond acceptors (Lipinski definition) is 8. The summed E-state index contributed by atoms with van der Waals surface area (Å²) in [5, 5.41) is 20.8. The van der Waals surface area contributed by atoms with Crippen LogP contribution in [0.5, 0.6) is 11.8 Å². The average Bonchev–Trinajstić information content (AvgIpc) is 2.86. The number of carbonyl (C=O) groups is 1. The maximum atomic E-state index is 13.1. The predicted molar refractivity (Wildman–Crippen MR) is 117 cm³/mol. The van der Waals surface area contributed by atoms with Crippen LogP contribution in [-0.4, -0.2) is 63.7 Å². The molecule has 1 aliphatic heterocycles. The van der Waals surface area contributed by atoms with Crippen LogP contribution in [-0.2, 0) is 6.18 Å². The number of aromatic nitrogens is 3. The van der Waals surface area contributed by atoms with Crippen LogP contribution in [0.25, 0.3) is 11.3 Å². The van der Waals surface area contributed by atoms with Crippen LogP contribution in [0.15, 0.2) is 48.7 Å². The van der Waals surface area contributed by atoms with Crippen LogP contribution >= 0.6 is 0 Å². The lowest BCUT2D eigenvalue weighted by molar-refractivity contribution is -0.137. The number of benzene rings is 1. The molecule has 0 bridgehead atoms. The monoisotopic (exact) mass is 491 g/mol. The van der Waals surface area contributed by atoms with Crippen molar-refractivity contribution in [3.05, 3.63) is 54.2 Å². The van der Waals surface area contributed by atoms with E-state index in [4.69, 9.17) is 14.6 Å². The molecule has 13 heteroatoms. The van der Waals surface area contributed by atoms with Gasteiger partial charge < -0.3 is 19.7 Å². The molecule has 3 aromatic rings. The summed E-state index contributed by atoms with van der Waals surface area (Å²) in [6.07, 6.45) is -4.28. The van der Waals surface area contributed by atoms with Crippen LogP contribution in [0, 0.1) is 0 Å². The lowest BCUT2D eigenvalue weighted by atomic mass is 10.1. The molecule has 1 aromatic carbocycles. The number of hydrogen-bond donors (Lipinski definition) is 3. The predicted octanol–water partition coefficient (Wildman–Crippen LogP) is 2.72. The van der Waals surface area contributed by atoms with Gasteiger partial charge in [-0.2, -0.15) is 18.2 Å². The summed E-state index contributed by atoms with van der Waals surface area (Å²) in [5.74, 6) is 0.535. The Hall–Kier alpha value is -3.97. The van der Waals surface area contributed by atoms with Crippen molar-refractivity contribution >= 4 is 17.7 Å². The summed E-state index contributed by atoms with van der Waals surface area (Å²) in [5.41, 5.74) is -0.344. The zero-order chi connectivity index (χ0) is 25.0. The van der Waals surface area contributed by atoms with Gasteiger partial charge in [0, 0.05) is 11.8 Å². The number of fused-ring (bicyclic) bond motifs is 1. The van der Waals surface area contributed by atoms with E-state index in [9.17, 15) is 23.1 Å². The summed E-state index contributed by atoms with van der Waals surface area (Å²) in [6.45, 7) is -0.424. The first-order valence-corrected chi connectivity index (χ1v) is 10.4. The van der Waals surface area contributed by atoms with Crippen molar-refractivity contribution in [2.45, 2.75) is 12.3 Å². The number of halogens is 3. The Morgan fingerprint density at radius 1 is 1.23 bits per heavy atom. The number of carbonyl (C=O) groups excluding carboxylic acids is 1. The van der Waals surface area contributed by atoms with Crippen molar-refractivity contribution in [1.29, 1.82) is 0 Å². The molecule has 184 valence electrons. The summed E-state index contributed by atoms with van der Waals surface area (Å²) in [7, 11) is 0. The van der Waals surface area contributed by atoms with Gasteiger partial charge in [-0.15, -0.1) is 0 Å². The minimum absolute atomic E-state index is 0.0977. The highest BCUT2D eigenvalue weighted by molar-refractivity contribution is 6.01. The number of nitrogens with one attached hydrogen (secondary N) is 1. The van der Waals surface area contributed by atoms with Gasteiger partial charge in [-0.25, -0.2) is 14.8 Å². The van der Waals surface area contributed by atoms with E-state index in [1.165, 1.54) is 35.4 Å². The van der Waals surface area contributed by atoms with Gasteiger partial charge in [0.1, 0.15) is 25.1 Å². The summed E-state index contributed by atoms with van der Waals surface area (Å²) >= 11 is 0. The third-order valence-electron chi connectivity index (χ3n) is 4.88. The zero-order valence-electron chi connectivity index (χ0n) is 18.1. The van der Waals surface area contributed by atoms with E-state index >= 15 is 0 Å². The molecule has 2 aromatic heterocycles. The molecule has 0 unspecified atom stereocenters. The molecule has 10 nitrogen and oxygen atoms in total. The Bertz CT molecular complexity index is 1210. The molecule has 1 atom stereocenters. The van der Waals surface area contributed by atoms with Crippen LogP contribution < -0.4 is 19.7 Å². The molecule has 1 aliphatic rings. The fraction of sp³-hybridized carbons (Fsp3) is 0.273. The largest absolute Gasteiger partial charge is 0.488 e. The van der Waals surface area contributed by atoms with Crippen LogP contribution in [0.1, 0.15) is 5.56 Å². The fourth-order valence-electron chi connectivity index (χ4n) is 3.19. The van der Waals surface area contributed by atoms with Gasteiger partial charge in [-0.05, 0) is 30.3 Å². The van der Waals surface area contributed by atoms with E-state index in [0.717, 1.165) is 12.1 Å². The average molecular weight is 491 g/mol. The molecule has 35 heavy (non-hydrogen) atoms. The van der Waals surface area contributed by atoms with E-state index in [-0.39, 0.29) is 48.7 Å². The smallest absolute Gasteiger partial charge is 0.416 e. The van der Waals surface area contributed by atoms with Crippen molar-refractivity contribution in [3.8, 4) is 23.0 Å². The maximum Gasteiger partial charge on any atom is 0.416 e. The Morgan fingerprint density at radius 3 is 2.83 bits per heavy atom. The first kappa shape index (κ1) is 24.2. The number of anilines is 2. The third-order valence-corrected chi connectivity index (χ3v) is 4.88. The van der Waals surface area contributed by atoms with Crippen molar-refractivity contribution in [1.82, 2.24) is 15.0 Å². The second-order valence-electron chi connectivity index (χ2n) is 7.40. The van der Waals surface area contributed by atoms with Gasteiger partial charge in [-0.1, -0.05) is 12.1 Å². The van der Waals surface area contributed by atoms with E-state index < -0.39 is 30.5 Å². The highest BCUT2D eigenvalue weighted by atomic mass is 19.4. The minimum Gasteiger partial charge on any atom is -0.488 e. The molecule has 0 aliphatic carbocycles.